The zero-order chi connectivity index (χ0) is 25.5. The first-order valence-electron chi connectivity index (χ1n) is 12.1. The number of methoxy groups -OCH3 is 1. The molecular weight excluding hydrogens is 500 g/mol. The molecule has 0 saturated heterocycles. The molecule has 6 nitrogen and oxygen atoms in total. The summed E-state index contributed by atoms with van der Waals surface area (Å²) in [7, 11) is 1.67. The predicted molar refractivity (Wildman–Crippen MR) is 152 cm³/mol. The Kier molecular flexibility index (Phi) is 8.32. The molecule has 0 radical (unpaired) electrons. The first-order valence-corrected chi connectivity index (χ1v) is 14.0. The molecule has 0 aliphatic carbocycles. The summed E-state index contributed by atoms with van der Waals surface area (Å²) in [4.78, 5) is 4.34. The molecule has 1 unspecified atom stereocenters. The normalized spacial score (nSPS) is 12.1. The fourth-order valence-corrected chi connectivity index (χ4v) is 6.00. The number of nitrogens with one attached hydrogen (secondary N) is 1. The molecule has 5 rings (SSSR count). The molecule has 0 aliphatic rings. The Morgan fingerprint density at radius 2 is 1.65 bits per heavy atom. The molecule has 0 saturated carbocycles. The highest BCUT2D eigenvalue weighted by Crippen LogP contribution is 2.27. The van der Waals surface area contributed by atoms with E-state index in [9.17, 15) is 4.55 Å². The highest BCUT2D eigenvalue weighted by Gasteiger charge is 2.24. The van der Waals surface area contributed by atoms with Gasteiger partial charge < -0.3 is 14.6 Å². The van der Waals surface area contributed by atoms with Crippen LogP contribution in [0, 0.1) is 0 Å². The lowest BCUT2D eigenvalue weighted by Gasteiger charge is -2.23. The lowest BCUT2D eigenvalue weighted by molar-refractivity contribution is 0.401. The summed E-state index contributed by atoms with van der Waals surface area (Å²) in [5.74, 6) is 1.75. The lowest BCUT2D eigenvalue weighted by Crippen LogP contribution is -2.33. The second-order valence-electron chi connectivity index (χ2n) is 8.51. The molecule has 2 aromatic heterocycles. The van der Waals surface area contributed by atoms with E-state index in [4.69, 9.17) is 4.74 Å². The van der Waals surface area contributed by atoms with Crippen molar-refractivity contribution >= 4 is 38.8 Å². The average Bonchev–Trinajstić information content (AvgIpc) is 3.38. The first-order chi connectivity index (χ1) is 18.2. The molecule has 5 aromatic rings. The number of hydrogen-bond donors (Lipinski definition) is 1. The number of ether oxygens (including phenoxy) is 1. The number of pyridine rings is 1. The Labute approximate surface area is 224 Å². The highest BCUT2D eigenvalue weighted by atomic mass is 32.2. The maximum Gasteiger partial charge on any atom is 0.265 e. The molecule has 2 heterocycles. The van der Waals surface area contributed by atoms with E-state index in [1.165, 1.54) is 16.2 Å². The number of benzene rings is 3. The predicted octanol–water partition coefficient (Wildman–Crippen LogP) is 6.39. The van der Waals surface area contributed by atoms with Crippen LogP contribution in [-0.2, 0) is 17.9 Å². The zero-order valence-corrected chi connectivity index (χ0v) is 22.2. The fourth-order valence-electron chi connectivity index (χ4n) is 4.07. The van der Waals surface area contributed by atoms with E-state index in [-0.39, 0.29) is 0 Å². The molecular formula is C29H28N4O2S2. The van der Waals surface area contributed by atoms with Crippen molar-refractivity contribution in [1.29, 1.82) is 0 Å². The van der Waals surface area contributed by atoms with Gasteiger partial charge in [-0.25, -0.2) is 4.98 Å². The molecule has 3 aromatic carbocycles. The number of rotatable bonds is 11. The topological polar surface area (TPSA) is 73.3 Å². The average molecular weight is 529 g/mol. The van der Waals surface area contributed by atoms with Gasteiger partial charge in [-0.15, -0.1) is 4.31 Å². The summed E-state index contributed by atoms with van der Waals surface area (Å²) in [6, 6.07) is 30.2. The minimum absolute atomic E-state index is 0.561. The van der Waals surface area contributed by atoms with E-state index in [2.05, 4.69) is 63.2 Å². The third kappa shape index (κ3) is 6.29. The summed E-state index contributed by atoms with van der Waals surface area (Å²) in [6.07, 6.45) is 2.50. The van der Waals surface area contributed by atoms with Gasteiger partial charge in [-0.05, 0) is 65.0 Å². The monoisotopic (exact) mass is 528 g/mol. The summed E-state index contributed by atoms with van der Waals surface area (Å²) in [5.41, 5.74) is 3.35. The summed E-state index contributed by atoms with van der Waals surface area (Å²) in [5, 5.41) is 5.15. The van der Waals surface area contributed by atoms with Crippen molar-refractivity contribution in [3.63, 3.8) is 0 Å². The highest BCUT2D eigenvalue weighted by molar-refractivity contribution is 7.89. The molecule has 1 atom stereocenters. The number of hydrogen-bond acceptors (Lipinski definition) is 7. The smallest absolute Gasteiger partial charge is 0.265 e. The SMILES string of the molecule is COc1ccc(-c2ccc(CN(CCCNc3nsc4ccccc34)[S+]([O-])c3ccccn3)cc2)cc1. The number of nitrogens with zero attached hydrogens (tertiary/aromatic N) is 3. The van der Waals surface area contributed by atoms with Gasteiger partial charge in [0.1, 0.15) is 22.9 Å². The molecule has 0 fully saturated rings. The van der Waals surface area contributed by atoms with Gasteiger partial charge in [-0.2, -0.15) is 4.37 Å². The number of fused-ring (bicyclic) bond motifs is 1. The van der Waals surface area contributed by atoms with Crippen LogP contribution >= 0.6 is 11.5 Å². The third-order valence-electron chi connectivity index (χ3n) is 6.04. The van der Waals surface area contributed by atoms with E-state index in [1.54, 1.807) is 13.3 Å². The van der Waals surface area contributed by atoms with Crippen molar-refractivity contribution in [2.75, 3.05) is 25.5 Å². The summed E-state index contributed by atoms with van der Waals surface area (Å²) < 4.78 is 26.4. The first kappa shape index (κ1) is 25.2. The summed E-state index contributed by atoms with van der Waals surface area (Å²) >= 11 is 0.135. The van der Waals surface area contributed by atoms with E-state index >= 15 is 0 Å². The molecule has 8 heteroatoms. The van der Waals surface area contributed by atoms with Gasteiger partial charge in [-0.3, -0.25) is 0 Å². The van der Waals surface area contributed by atoms with Gasteiger partial charge in [0, 0.05) is 30.7 Å². The van der Waals surface area contributed by atoms with E-state index in [0.717, 1.165) is 46.6 Å². The van der Waals surface area contributed by atoms with Crippen LogP contribution in [0.3, 0.4) is 0 Å². The van der Waals surface area contributed by atoms with Crippen molar-refractivity contribution in [1.82, 2.24) is 13.7 Å². The van der Waals surface area contributed by atoms with E-state index < -0.39 is 11.4 Å². The Balaban J connectivity index is 1.25. The van der Waals surface area contributed by atoms with Crippen LogP contribution in [0.1, 0.15) is 12.0 Å². The maximum absolute atomic E-state index is 13.4. The second kappa shape index (κ2) is 12.2. The number of aromatic nitrogens is 2. The van der Waals surface area contributed by atoms with Crippen LogP contribution < -0.4 is 10.1 Å². The fraction of sp³-hybridized carbons (Fsp3) is 0.172. The lowest BCUT2D eigenvalue weighted by atomic mass is 10.0. The van der Waals surface area contributed by atoms with Gasteiger partial charge >= 0.3 is 0 Å². The van der Waals surface area contributed by atoms with Crippen LogP contribution in [0.2, 0.25) is 0 Å². The van der Waals surface area contributed by atoms with Crippen LogP contribution in [0.15, 0.2) is 102 Å². The van der Waals surface area contributed by atoms with Crippen LogP contribution in [0.25, 0.3) is 21.2 Å². The second-order valence-corrected chi connectivity index (χ2v) is 10.8. The molecule has 0 aliphatic heterocycles. The molecule has 0 amide bonds. The Morgan fingerprint density at radius 3 is 2.38 bits per heavy atom. The van der Waals surface area contributed by atoms with Crippen molar-refractivity contribution in [2.24, 2.45) is 0 Å². The van der Waals surface area contributed by atoms with E-state index in [0.29, 0.717) is 18.1 Å². The van der Waals surface area contributed by atoms with Crippen molar-refractivity contribution in [2.45, 2.75) is 18.0 Å². The van der Waals surface area contributed by atoms with Crippen LogP contribution in [0.4, 0.5) is 5.82 Å². The van der Waals surface area contributed by atoms with Gasteiger partial charge in [0.15, 0.2) is 0 Å². The van der Waals surface area contributed by atoms with Gasteiger partial charge in [0.2, 0.25) is 0 Å². The molecule has 1 N–H and O–H groups in total. The minimum Gasteiger partial charge on any atom is -0.591 e. The van der Waals surface area contributed by atoms with E-state index in [1.807, 2.05) is 46.8 Å². The summed E-state index contributed by atoms with van der Waals surface area (Å²) in [6.45, 7) is 1.95. The maximum atomic E-state index is 13.4. The van der Waals surface area contributed by atoms with Crippen LogP contribution in [-0.4, -0.2) is 38.4 Å². The van der Waals surface area contributed by atoms with Crippen molar-refractivity contribution in [3.8, 4) is 16.9 Å². The number of anilines is 1. The largest absolute Gasteiger partial charge is 0.591 e. The van der Waals surface area contributed by atoms with Crippen molar-refractivity contribution < 1.29 is 9.29 Å². The minimum atomic E-state index is -1.36. The third-order valence-corrected chi connectivity index (χ3v) is 8.25. The molecule has 0 bridgehead atoms. The molecule has 0 spiro atoms. The Bertz CT molecular complexity index is 1410. The van der Waals surface area contributed by atoms with Gasteiger partial charge in [0.25, 0.3) is 5.03 Å². The Morgan fingerprint density at radius 1 is 0.919 bits per heavy atom. The van der Waals surface area contributed by atoms with Gasteiger partial charge in [0.05, 0.1) is 18.4 Å². The zero-order valence-electron chi connectivity index (χ0n) is 20.5. The van der Waals surface area contributed by atoms with Crippen LogP contribution in [0.5, 0.6) is 5.75 Å². The quantitative estimate of drug-likeness (QED) is 0.158. The molecule has 37 heavy (non-hydrogen) atoms. The van der Waals surface area contributed by atoms with Gasteiger partial charge in [-0.1, -0.05) is 54.6 Å². The Hall–Kier alpha value is -3.43. The standard InChI is InChI=1S/C29H28N4O2S2/c1-35-25-16-14-24(15-17-25)23-12-10-22(11-13-23)21-33(37(34)28-9-4-5-18-30-28)20-6-19-31-29-26-7-2-3-8-27(26)36-32-29/h2-5,7-18H,6,19-21H2,1H3,(H,31,32). The van der Waals surface area contributed by atoms with Crippen molar-refractivity contribution in [3.05, 3.63) is 103 Å². The molecule has 188 valence electrons.